The van der Waals surface area contributed by atoms with Crippen molar-refractivity contribution in [2.45, 2.75) is 191 Å². The molecule has 6 bridgehead atoms. The summed E-state index contributed by atoms with van der Waals surface area (Å²) in [6.45, 7) is 0. The van der Waals surface area contributed by atoms with Gasteiger partial charge in [0.15, 0.2) is 0 Å². The standard InChI is InChI=1S/C24H32O.C23H26O.C20H22O.C19H20O/c25-24-22(18-13-19-23(24)21-16-11-8-12-17-21)20-14-9-6-4-2-1-3-5-7-10-15-20;24-23-20(15-5-2-1-3-6-15)7-4-8-21(23)18-11-12-19-16-9-10-17(13-16)22(19)14-18;21-20-17(15-5-2-1-3-6-15)7-4-8-18(20)19-13-14-9-11-16(19)12-10-14;20-19-16(14-5-2-1-3-6-14)7-4-8-17(19)18-12-13-9-10-15(18)11-13/h8,11-13,16-20,25H,1-7,9-10,14-15H2;1-8,16-19,22,24H,9-14H2;1-8,14,16,19,21H,9-13H2;1-8,13,15,18,20H,9-12H2. The highest BCUT2D eigenvalue weighted by atomic mass is 16.3. The highest BCUT2D eigenvalue weighted by Crippen LogP contribution is 2.61. The summed E-state index contributed by atoms with van der Waals surface area (Å²) in [5.74, 6) is 11.6. The molecule has 9 aliphatic carbocycles. The van der Waals surface area contributed by atoms with Gasteiger partial charge in [0, 0.05) is 22.3 Å². The van der Waals surface area contributed by atoms with E-state index >= 15 is 0 Å². The summed E-state index contributed by atoms with van der Waals surface area (Å²) < 4.78 is 0. The molecule has 8 aromatic rings. The summed E-state index contributed by atoms with van der Waals surface area (Å²) in [4.78, 5) is 0. The van der Waals surface area contributed by atoms with Gasteiger partial charge in [-0.05, 0) is 205 Å². The molecule has 9 aliphatic rings. The quantitative estimate of drug-likeness (QED) is 0.122. The molecule has 8 aromatic carbocycles. The lowest BCUT2D eigenvalue weighted by Gasteiger charge is -2.43. The smallest absolute Gasteiger partial charge is 0.126 e. The van der Waals surface area contributed by atoms with E-state index in [-0.39, 0.29) is 0 Å². The molecule has 0 heterocycles. The van der Waals surface area contributed by atoms with Gasteiger partial charge in [0.1, 0.15) is 23.0 Å². The normalized spacial score (nSPS) is 26.9. The Balaban J connectivity index is 0.000000110. The van der Waals surface area contributed by atoms with Crippen LogP contribution < -0.4 is 0 Å². The van der Waals surface area contributed by atoms with Crippen molar-refractivity contribution in [2.75, 3.05) is 0 Å². The van der Waals surface area contributed by atoms with Gasteiger partial charge in [0.05, 0.1) is 0 Å². The maximum atomic E-state index is 11.0. The van der Waals surface area contributed by atoms with Crippen LogP contribution in [0, 0.1) is 47.3 Å². The van der Waals surface area contributed by atoms with Crippen LogP contribution in [0.2, 0.25) is 0 Å². The predicted molar refractivity (Wildman–Crippen MR) is 373 cm³/mol. The molecule has 4 heteroatoms. The van der Waals surface area contributed by atoms with Crippen LogP contribution >= 0.6 is 0 Å². The fraction of sp³-hybridized carbons (Fsp3) is 0.442. The van der Waals surface area contributed by atoms with E-state index in [1.54, 1.807) is 0 Å². The van der Waals surface area contributed by atoms with Crippen LogP contribution in [0.15, 0.2) is 194 Å². The van der Waals surface area contributed by atoms with E-state index in [9.17, 15) is 20.4 Å². The maximum Gasteiger partial charge on any atom is 0.126 e. The minimum atomic E-state index is 0.503. The zero-order valence-electron chi connectivity index (χ0n) is 53.6. The number of fused-ring (bicyclic) bond motifs is 10. The van der Waals surface area contributed by atoms with E-state index in [0.717, 1.165) is 91.9 Å². The molecule has 9 fully saturated rings. The second-order valence-electron chi connectivity index (χ2n) is 29.0. The van der Waals surface area contributed by atoms with Gasteiger partial charge in [-0.2, -0.15) is 0 Å². The van der Waals surface area contributed by atoms with Crippen molar-refractivity contribution in [1.29, 1.82) is 0 Å². The van der Waals surface area contributed by atoms with Gasteiger partial charge in [-0.15, -0.1) is 0 Å². The Morgan fingerprint density at radius 1 is 0.222 bits per heavy atom. The first-order valence-electron chi connectivity index (χ1n) is 35.8. The van der Waals surface area contributed by atoms with Crippen LogP contribution in [0.1, 0.15) is 213 Å². The van der Waals surface area contributed by atoms with Crippen molar-refractivity contribution in [2.24, 2.45) is 47.3 Å². The minimum absolute atomic E-state index is 0.503. The molecule has 90 heavy (non-hydrogen) atoms. The number of rotatable bonds is 8. The fourth-order valence-electron chi connectivity index (χ4n) is 19.2. The molecule has 9 atom stereocenters. The molecule has 4 N–H and O–H groups in total. The van der Waals surface area contributed by atoms with Gasteiger partial charge in [0.25, 0.3) is 0 Å². The monoisotopic (exact) mass is 1200 g/mol. The summed E-state index contributed by atoms with van der Waals surface area (Å²) >= 11 is 0. The van der Waals surface area contributed by atoms with Crippen molar-refractivity contribution >= 4 is 0 Å². The van der Waals surface area contributed by atoms with Crippen molar-refractivity contribution in [3.8, 4) is 67.5 Å². The zero-order chi connectivity index (χ0) is 61.2. The van der Waals surface area contributed by atoms with Gasteiger partial charge < -0.3 is 20.4 Å². The molecule has 0 radical (unpaired) electrons. The molecule has 9 saturated carbocycles. The number of phenolic OH excluding ortho intramolecular Hbond substituents is 4. The van der Waals surface area contributed by atoms with Crippen molar-refractivity contribution in [1.82, 2.24) is 0 Å². The maximum absolute atomic E-state index is 11.0. The lowest BCUT2D eigenvalue weighted by Crippen LogP contribution is -2.29. The third-order valence-corrected chi connectivity index (χ3v) is 23.9. The third kappa shape index (κ3) is 14.0. The number of hydrogen-bond donors (Lipinski definition) is 4. The zero-order valence-corrected chi connectivity index (χ0v) is 53.6. The van der Waals surface area contributed by atoms with Gasteiger partial charge in [-0.25, -0.2) is 0 Å². The molecule has 0 aliphatic heterocycles. The van der Waals surface area contributed by atoms with Gasteiger partial charge in [0.2, 0.25) is 0 Å². The minimum Gasteiger partial charge on any atom is -0.507 e. The molecular weight excluding hydrogens is 1100 g/mol. The number of para-hydroxylation sites is 4. The molecule has 0 aromatic heterocycles. The summed E-state index contributed by atoms with van der Waals surface area (Å²) in [6, 6.07) is 66.2. The van der Waals surface area contributed by atoms with Crippen LogP contribution in [-0.2, 0) is 0 Å². The number of aromatic hydroxyl groups is 4. The lowest BCUT2D eigenvalue weighted by molar-refractivity contribution is 0.143. The van der Waals surface area contributed by atoms with Crippen LogP contribution in [0.3, 0.4) is 0 Å². The van der Waals surface area contributed by atoms with Crippen LogP contribution in [0.25, 0.3) is 44.5 Å². The molecule has 4 nitrogen and oxygen atoms in total. The number of hydrogen-bond acceptors (Lipinski definition) is 4. The number of benzene rings is 8. The average Bonchev–Trinajstić information content (AvgIpc) is 1.63. The molecular formula is C86H100O4. The molecule has 17 rings (SSSR count). The molecule has 0 amide bonds. The van der Waals surface area contributed by atoms with Gasteiger partial charge in [-0.3, -0.25) is 0 Å². The predicted octanol–water partition coefficient (Wildman–Crippen LogP) is 23.8. The first kappa shape index (κ1) is 61.8. The Bertz CT molecular complexity index is 3540. The largest absolute Gasteiger partial charge is 0.507 e. The van der Waals surface area contributed by atoms with Crippen LogP contribution in [0.5, 0.6) is 23.0 Å². The van der Waals surface area contributed by atoms with Gasteiger partial charge in [-0.1, -0.05) is 271 Å². The van der Waals surface area contributed by atoms with Crippen molar-refractivity contribution < 1.29 is 20.4 Å². The summed E-state index contributed by atoms with van der Waals surface area (Å²) in [5.41, 5.74) is 13.1. The Kier molecular flexibility index (Phi) is 20.3. The average molecular weight is 1200 g/mol. The van der Waals surface area contributed by atoms with E-state index < -0.39 is 0 Å². The third-order valence-electron chi connectivity index (χ3n) is 23.9. The highest BCUT2D eigenvalue weighted by molar-refractivity contribution is 5.75. The molecule has 0 saturated heterocycles. The lowest BCUT2D eigenvalue weighted by atomic mass is 9.62. The van der Waals surface area contributed by atoms with E-state index in [4.69, 9.17) is 0 Å². The number of phenols is 4. The van der Waals surface area contributed by atoms with E-state index in [1.165, 1.54) is 189 Å². The Morgan fingerprint density at radius 3 is 0.989 bits per heavy atom. The summed E-state index contributed by atoms with van der Waals surface area (Å²) in [6.07, 6.45) is 35.3. The summed E-state index contributed by atoms with van der Waals surface area (Å²) in [7, 11) is 0. The van der Waals surface area contributed by atoms with Crippen molar-refractivity contribution in [3.63, 3.8) is 0 Å². The second-order valence-corrected chi connectivity index (χ2v) is 29.0. The molecule has 0 spiro atoms. The van der Waals surface area contributed by atoms with E-state index in [2.05, 4.69) is 103 Å². The summed E-state index contributed by atoms with van der Waals surface area (Å²) in [5, 5.41) is 43.5. The Labute approximate surface area is 539 Å². The fourth-order valence-corrected chi connectivity index (χ4v) is 19.2. The van der Waals surface area contributed by atoms with Crippen LogP contribution in [-0.4, -0.2) is 20.4 Å². The van der Waals surface area contributed by atoms with E-state index in [1.807, 2.05) is 91.0 Å². The SMILES string of the molecule is Oc1c(-c2ccccc2)cccc1C1CC2CCC1C2.Oc1c(-c2ccccc2)cccc1C1CC2CCC1CC2.Oc1c(-c2ccccc2)cccc1C1CCC2C3CCC(C3)C2C1.Oc1c(-c2ccccc2)cccc1C1CCCCCCCCCCC1. The topological polar surface area (TPSA) is 80.9 Å². The molecule has 9 unspecified atom stereocenters. The first-order valence-corrected chi connectivity index (χ1v) is 35.8. The molecule has 468 valence electrons. The van der Waals surface area contributed by atoms with Gasteiger partial charge >= 0.3 is 0 Å². The highest BCUT2D eigenvalue weighted by Gasteiger charge is 2.50. The second kappa shape index (κ2) is 29.5. The van der Waals surface area contributed by atoms with Crippen molar-refractivity contribution in [3.05, 3.63) is 216 Å². The first-order chi connectivity index (χ1) is 44.3. The van der Waals surface area contributed by atoms with E-state index in [0.29, 0.717) is 46.7 Å². The van der Waals surface area contributed by atoms with Crippen LogP contribution in [0.4, 0.5) is 0 Å². The Morgan fingerprint density at radius 2 is 0.578 bits per heavy atom. The Hall–Kier alpha value is -7.04.